The standard InChI is InChI=1S/C19H22N4O2/c1-12-9-21-22-18(12)13-4-3-7-23(11-13)19(24)16-10-20-17-6-5-14(25-2)8-15(16)17/h5-6,8-10,13,20H,3-4,7,11H2,1-2H3,(H,21,22)/t13-/m0/s1. The molecule has 6 nitrogen and oxygen atoms in total. The van der Waals surface area contributed by atoms with Crippen LogP contribution in [-0.2, 0) is 0 Å². The van der Waals surface area contributed by atoms with Gasteiger partial charge in [0.25, 0.3) is 5.91 Å². The minimum Gasteiger partial charge on any atom is -0.497 e. The second kappa shape index (κ2) is 6.27. The molecule has 2 aromatic heterocycles. The lowest BCUT2D eigenvalue weighted by Crippen LogP contribution is -2.39. The second-order valence-electron chi connectivity index (χ2n) is 6.67. The van der Waals surface area contributed by atoms with Gasteiger partial charge in [-0.2, -0.15) is 5.10 Å². The topological polar surface area (TPSA) is 74.0 Å². The molecule has 1 fully saturated rings. The molecule has 1 aliphatic heterocycles. The molecular weight excluding hydrogens is 316 g/mol. The van der Waals surface area contributed by atoms with E-state index in [1.807, 2.05) is 29.3 Å². The number of nitrogens with one attached hydrogen (secondary N) is 2. The van der Waals surface area contributed by atoms with Crippen molar-refractivity contribution in [2.24, 2.45) is 0 Å². The quantitative estimate of drug-likeness (QED) is 0.770. The summed E-state index contributed by atoms with van der Waals surface area (Å²) in [5.41, 5.74) is 3.97. The van der Waals surface area contributed by atoms with E-state index < -0.39 is 0 Å². The summed E-state index contributed by atoms with van der Waals surface area (Å²) in [4.78, 5) is 18.3. The molecule has 0 saturated carbocycles. The molecular formula is C19H22N4O2. The molecule has 1 atom stereocenters. The van der Waals surface area contributed by atoms with Crippen LogP contribution >= 0.6 is 0 Å². The van der Waals surface area contributed by atoms with E-state index in [4.69, 9.17) is 4.74 Å². The van der Waals surface area contributed by atoms with Gasteiger partial charge in [-0.1, -0.05) is 0 Å². The smallest absolute Gasteiger partial charge is 0.256 e. The van der Waals surface area contributed by atoms with Crippen LogP contribution < -0.4 is 4.74 Å². The third kappa shape index (κ3) is 2.77. The van der Waals surface area contributed by atoms with E-state index in [1.54, 1.807) is 13.3 Å². The number of rotatable bonds is 3. The Morgan fingerprint density at radius 2 is 2.28 bits per heavy atom. The number of aromatic nitrogens is 3. The Hall–Kier alpha value is -2.76. The summed E-state index contributed by atoms with van der Waals surface area (Å²) in [6.45, 7) is 3.57. The summed E-state index contributed by atoms with van der Waals surface area (Å²) in [5.74, 6) is 1.15. The first-order valence-corrected chi connectivity index (χ1v) is 8.61. The van der Waals surface area contributed by atoms with Gasteiger partial charge in [0, 0.05) is 41.8 Å². The van der Waals surface area contributed by atoms with Crippen LogP contribution in [0.1, 0.15) is 40.4 Å². The molecule has 3 heterocycles. The maximum Gasteiger partial charge on any atom is 0.256 e. The van der Waals surface area contributed by atoms with Crippen molar-refractivity contribution >= 4 is 16.8 Å². The Morgan fingerprint density at radius 1 is 1.40 bits per heavy atom. The fourth-order valence-electron chi connectivity index (χ4n) is 3.74. The second-order valence-corrected chi connectivity index (χ2v) is 6.67. The van der Waals surface area contributed by atoms with Gasteiger partial charge in [0.2, 0.25) is 0 Å². The van der Waals surface area contributed by atoms with Crippen LogP contribution in [-0.4, -0.2) is 46.2 Å². The van der Waals surface area contributed by atoms with Gasteiger partial charge >= 0.3 is 0 Å². The van der Waals surface area contributed by atoms with Crippen molar-refractivity contribution in [3.8, 4) is 5.75 Å². The number of aromatic amines is 2. The molecule has 0 aliphatic carbocycles. The average molecular weight is 338 g/mol. The Morgan fingerprint density at radius 3 is 3.04 bits per heavy atom. The predicted octanol–water partition coefficient (Wildman–Crippen LogP) is 3.23. The van der Waals surface area contributed by atoms with E-state index in [0.29, 0.717) is 11.5 Å². The van der Waals surface area contributed by atoms with Crippen LogP contribution in [0.15, 0.2) is 30.6 Å². The van der Waals surface area contributed by atoms with Crippen LogP contribution in [0.4, 0.5) is 0 Å². The molecule has 0 bridgehead atoms. The highest BCUT2D eigenvalue weighted by atomic mass is 16.5. The highest BCUT2D eigenvalue weighted by Gasteiger charge is 2.28. The van der Waals surface area contributed by atoms with Crippen molar-refractivity contribution in [3.05, 3.63) is 47.4 Å². The maximum atomic E-state index is 13.1. The van der Waals surface area contributed by atoms with Crippen molar-refractivity contribution in [2.45, 2.75) is 25.7 Å². The van der Waals surface area contributed by atoms with E-state index in [0.717, 1.165) is 53.8 Å². The molecule has 0 unspecified atom stereocenters. The van der Waals surface area contributed by atoms with Gasteiger partial charge in [-0.3, -0.25) is 9.89 Å². The van der Waals surface area contributed by atoms with E-state index in [2.05, 4.69) is 22.1 Å². The van der Waals surface area contributed by atoms with E-state index in [1.165, 1.54) is 0 Å². The number of fused-ring (bicyclic) bond motifs is 1. The van der Waals surface area contributed by atoms with Crippen molar-refractivity contribution in [2.75, 3.05) is 20.2 Å². The Kier molecular flexibility index (Phi) is 3.95. The number of piperidine rings is 1. The molecule has 0 spiro atoms. The zero-order chi connectivity index (χ0) is 17.4. The van der Waals surface area contributed by atoms with Crippen LogP contribution in [0.3, 0.4) is 0 Å². The number of ether oxygens (including phenoxy) is 1. The first-order valence-electron chi connectivity index (χ1n) is 8.61. The SMILES string of the molecule is COc1ccc2[nH]cc(C(=O)N3CCC[C@H](c4[nH]ncc4C)C3)c2c1. The van der Waals surface area contributed by atoms with Gasteiger partial charge in [0.05, 0.1) is 18.9 Å². The predicted molar refractivity (Wildman–Crippen MR) is 96.1 cm³/mol. The zero-order valence-corrected chi connectivity index (χ0v) is 14.5. The highest BCUT2D eigenvalue weighted by molar-refractivity contribution is 6.07. The van der Waals surface area contributed by atoms with Crippen molar-refractivity contribution < 1.29 is 9.53 Å². The molecule has 6 heteroatoms. The molecule has 1 aromatic carbocycles. The Balaban J connectivity index is 1.61. The number of H-pyrrole nitrogens is 2. The van der Waals surface area contributed by atoms with E-state index in [-0.39, 0.29) is 5.91 Å². The number of amides is 1. The molecule has 1 amide bonds. The summed E-state index contributed by atoms with van der Waals surface area (Å²) >= 11 is 0. The number of likely N-dealkylation sites (tertiary alicyclic amines) is 1. The third-order valence-electron chi connectivity index (χ3n) is 5.10. The lowest BCUT2D eigenvalue weighted by Gasteiger charge is -2.32. The van der Waals surface area contributed by atoms with Gasteiger partial charge in [0.15, 0.2) is 0 Å². The highest BCUT2D eigenvalue weighted by Crippen LogP contribution is 2.30. The number of nitrogens with zero attached hydrogens (tertiary/aromatic N) is 2. The number of benzene rings is 1. The minimum absolute atomic E-state index is 0.0707. The molecule has 0 radical (unpaired) electrons. The van der Waals surface area contributed by atoms with E-state index in [9.17, 15) is 4.79 Å². The Labute approximate surface area is 146 Å². The number of methoxy groups -OCH3 is 1. The first kappa shape index (κ1) is 15.7. The fraction of sp³-hybridized carbons (Fsp3) is 0.368. The minimum atomic E-state index is 0.0707. The molecule has 2 N–H and O–H groups in total. The summed E-state index contributed by atoms with van der Waals surface area (Å²) in [7, 11) is 1.64. The largest absolute Gasteiger partial charge is 0.497 e. The monoisotopic (exact) mass is 338 g/mol. The number of aryl methyl sites for hydroxylation is 1. The van der Waals surface area contributed by atoms with Gasteiger partial charge in [-0.15, -0.1) is 0 Å². The summed E-state index contributed by atoms with van der Waals surface area (Å²) in [5, 5.41) is 8.14. The van der Waals surface area contributed by atoms with Crippen molar-refractivity contribution in [1.29, 1.82) is 0 Å². The van der Waals surface area contributed by atoms with Crippen molar-refractivity contribution in [3.63, 3.8) is 0 Å². The molecule has 4 rings (SSSR count). The number of hydrogen-bond acceptors (Lipinski definition) is 3. The van der Waals surface area contributed by atoms with E-state index >= 15 is 0 Å². The number of carbonyl (C=O) groups is 1. The molecule has 3 aromatic rings. The van der Waals surface area contributed by atoms with Crippen LogP contribution in [0.5, 0.6) is 5.75 Å². The molecule has 25 heavy (non-hydrogen) atoms. The van der Waals surface area contributed by atoms with Gasteiger partial charge < -0.3 is 14.6 Å². The maximum absolute atomic E-state index is 13.1. The summed E-state index contributed by atoms with van der Waals surface area (Å²) in [6, 6.07) is 5.75. The van der Waals surface area contributed by atoms with Gasteiger partial charge in [-0.25, -0.2) is 0 Å². The lowest BCUT2D eigenvalue weighted by molar-refractivity contribution is 0.0707. The number of carbonyl (C=O) groups excluding carboxylic acids is 1. The molecule has 1 saturated heterocycles. The molecule has 130 valence electrons. The first-order chi connectivity index (χ1) is 12.2. The lowest BCUT2D eigenvalue weighted by atomic mass is 9.92. The van der Waals surface area contributed by atoms with Gasteiger partial charge in [-0.05, 0) is 43.5 Å². The zero-order valence-electron chi connectivity index (χ0n) is 14.5. The normalized spacial score (nSPS) is 17.8. The third-order valence-corrected chi connectivity index (χ3v) is 5.10. The van der Waals surface area contributed by atoms with Crippen LogP contribution in [0.25, 0.3) is 10.9 Å². The summed E-state index contributed by atoms with van der Waals surface area (Å²) in [6.07, 6.45) is 5.73. The van der Waals surface area contributed by atoms with Crippen LogP contribution in [0, 0.1) is 6.92 Å². The Bertz CT molecular complexity index is 911. The average Bonchev–Trinajstić information content (AvgIpc) is 3.26. The number of hydrogen-bond donors (Lipinski definition) is 2. The fourth-order valence-corrected chi connectivity index (χ4v) is 3.74. The van der Waals surface area contributed by atoms with Crippen LogP contribution in [0.2, 0.25) is 0 Å². The van der Waals surface area contributed by atoms with Gasteiger partial charge in [0.1, 0.15) is 5.75 Å². The molecule has 1 aliphatic rings. The summed E-state index contributed by atoms with van der Waals surface area (Å²) < 4.78 is 5.30. The van der Waals surface area contributed by atoms with Crippen molar-refractivity contribution in [1.82, 2.24) is 20.1 Å².